The zero-order chi connectivity index (χ0) is 17.2. The summed E-state index contributed by atoms with van der Waals surface area (Å²) in [6.45, 7) is 3.64. The normalized spacial score (nSPS) is 33.1. The van der Waals surface area contributed by atoms with E-state index in [1.54, 1.807) is 0 Å². The molecular formula is C20H31N3O2. The minimum Gasteiger partial charge on any atom is -0.342 e. The van der Waals surface area contributed by atoms with Crippen LogP contribution in [-0.4, -0.2) is 34.0 Å². The van der Waals surface area contributed by atoms with Gasteiger partial charge in [0.2, 0.25) is 11.8 Å². The molecule has 4 atom stereocenters. The van der Waals surface area contributed by atoms with E-state index in [4.69, 9.17) is 4.52 Å². The summed E-state index contributed by atoms with van der Waals surface area (Å²) in [7, 11) is 0. The molecule has 0 aromatic carbocycles. The molecule has 0 radical (unpaired) electrons. The van der Waals surface area contributed by atoms with Gasteiger partial charge in [0, 0.05) is 32.4 Å². The Labute approximate surface area is 150 Å². The molecule has 25 heavy (non-hydrogen) atoms. The Bertz CT molecular complexity index is 600. The van der Waals surface area contributed by atoms with Crippen molar-refractivity contribution in [3.8, 4) is 0 Å². The summed E-state index contributed by atoms with van der Waals surface area (Å²) in [5.41, 5.74) is 0. The Kier molecular flexibility index (Phi) is 5.09. The molecule has 0 unspecified atom stereocenters. The first kappa shape index (κ1) is 17.0. The van der Waals surface area contributed by atoms with Crippen molar-refractivity contribution in [2.45, 2.75) is 71.1 Å². The lowest BCUT2D eigenvalue weighted by Crippen LogP contribution is -2.45. The van der Waals surface area contributed by atoms with Crippen LogP contribution in [0.4, 0.5) is 0 Å². The molecule has 1 amide bonds. The molecule has 4 rings (SSSR count). The van der Waals surface area contributed by atoms with Crippen LogP contribution in [0.1, 0.15) is 69.5 Å². The summed E-state index contributed by atoms with van der Waals surface area (Å²) in [5.74, 6) is 4.33. The molecular weight excluding hydrogens is 314 g/mol. The maximum absolute atomic E-state index is 13.1. The molecule has 5 nitrogen and oxygen atoms in total. The van der Waals surface area contributed by atoms with E-state index in [9.17, 15) is 4.79 Å². The third-order valence-electron chi connectivity index (χ3n) is 6.76. The average molecular weight is 345 g/mol. The number of rotatable bonds is 3. The summed E-state index contributed by atoms with van der Waals surface area (Å²) < 4.78 is 5.08. The number of fused-ring (bicyclic) bond motifs is 1. The lowest BCUT2D eigenvalue weighted by molar-refractivity contribution is -0.139. The van der Waals surface area contributed by atoms with E-state index in [0.29, 0.717) is 17.7 Å². The average Bonchev–Trinajstić information content (AvgIpc) is 3.05. The Morgan fingerprint density at radius 1 is 1.12 bits per heavy atom. The molecule has 3 aliphatic rings. The molecule has 1 aromatic rings. The molecule has 0 N–H and O–H groups in total. The van der Waals surface area contributed by atoms with Crippen molar-refractivity contribution in [2.75, 3.05) is 13.1 Å². The van der Waals surface area contributed by atoms with Crippen LogP contribution >= 0.6 is 0 Å². The van der Waals surface area contributed by atoms with Crippen molar-refractivity contribution in [1.29, 1.82) is 0 Å². The molecule has 5 heteroatoms. The second-order valence-electron chi connectivity index (χ2n) is 8.54. The largest absolute Gasteiger partial charge is 0.342 e. The summed E-state index contributed by atoms with van der Waals surface area (Å²) >= 11 is 0. The molecule has 1 aromatic heterocycles. The van der Waals surface area contributed by atoms with Crippen LogP contribution in [0.3, 0.4) is 0 Å². The topological polar surface area (TPSA) is 59.2 Å². The van der Waals surface area contributed by atoms with Gasteiger partial charge in [-0.25, -0.2) is 0 Å². The van der Waals surface area contributed by atoms with Gasteiger partial charge in [-0.3, -0.25) is 4.79 Å². The summed E-state index contributed by atoms with van der Waals surface area (Å²) in [6, 6.07) is 0. The highest BCUT2D eigenvalue weighted by molar-refractivity contribution is 5.79. The summed E-state index contributed by atoms with van der Waals surface area (Å²) in [6.07, 6.45) is 12.2. The zero-order valence-corrected chi connectivity index (χ0v) is 15.5. The fourth-order valence-electron chi connectivity index (χ4n) is 5.47. The molecule has 2 saturated carbocycles. The van der Waals surface area contributed by atoms with Crippen molar-refractivity contribution in [3.05, 3.63) is 11.7 Å². The van der Waals surface area contributed by atoms with Crippen LogP contribution in [-0.2, 0) is 11.2 Å². The fraction of sp³-hybridized carbons (Fsp3) is 0.850. The van der Waals surface area contributed by atoms with E-state index < -0.39 is 0 Å². The zero-order valence-electron chi connectivity index (χ0n) is 15.5. The number of likely N-dealkylation sites (tertiary alicyclic amines) is 1. The summed E-state index contributed by atoms with van der Waals surface area (Å²) in [4.78, 5) is 19.6. The van der Waals surface area contributed by atoms with Gasteiger partial charge in [-0.1, -0.05) is 30.8 Å². The van der Waals surface area contributed by atoms with Gasteiger partial charge < -0.3 is 9.42 Å². The Morgan fingerprint density at radius 3 is 2.76 bits per heavy atom. The third-order valence-corrected chi connectivity index (χ3v) is 6.76. The number of aryl methyl sites for hydroxylation is 1. The lowest BCUT2D eigenvalue weighted by Gasteiger charge is -2.41. The van der Waals surface area contributed by atoms with Gasteiger partial charge in [-0.2, -0.15) is 4.98 Å². The number of amides is 1. The van der Waals surface area contributed by atoms with Crippen molar-refractivity contribution in [3.63, 3.8) is 0 Å². The number of hydrogen-bond donors (Lipinski definition) is 0. The first-order chi connectivity index (χ1) is 12.2. The highest BCUT2D eigenvalue weighted by Crippen LogP contribution is 2.43. The van der Waals surface area contributed by atoms with E-state index in [-0.39, 0.29) is 5.92 Å². The van der Waals surface area contributed by atoms with Crippen LogP contribution in [0, 0.1) is 30.6 Å². The SMILES string of the molecule is Cc1nc(C[C@@H]2CCCN(C(=O)[C@@H]3CC[C@@H]4CCCC[C@H]4C3)C2)no1. The molecule has 0 bridgehead atoms. The maximum atomic E-state index is 13.1. The van der Waals surface area contributed by atoms with Gasteiger partial charge in [-0.15, -0.1) is 0 Å². The van der Waals surface area contributed by atoms with E-state index in [1.165, 1.54) is 32.1 Å². The number of nitrogens with zero attached hydrogens (tertiary/aromatic N) is 3. The molecule has 2 heterocycles. The first-order valence-corrected chi connectivity index (χ1v) is 10.3. The predicted molar refractivity (Wildman–Crippen MR) is 94.8 cm³/mol. The fourth-order valence-corrected chi connectivity index (χ4v) is 5.47. The molecule has 3 fully saturated rings. The van der Waals surface area contributed by atoms with Crippen LogP contribution in [0.2, 0.25) is 0 Å². The number of piperidine rings is 1. The highest BCUT2D eigenvalue weighted by Gasteiger charge is 2.37. The number of aromatic nitrogens is 2. The standard InChI is InChI=1S/C20H31N3O2/c1-14-21-19(22-25-14)11-15-5-4-10-23(13-15)20(24)18-9-8-16-6-2-3-7-17(16)12-18/h15-18H,2-13H2,1H3/t15-,16-,17-,18+/m0/s1. The van der Waals surface area contributed by atoms with Crippen molar-refractivity contribution >= 4 is 5.91 Å². The predicted octanol–water partition coefficient (Wildman–Crippen LogP) is 3.77. The highest BCUT2D eigenvalue weighted by atomic mass is 16.5. The van der Waals surface area contributed by atoms with Crippen molar-refractivity contribution < 1.29 is 9.32 Å². The number of carbonyl (C=O) groups is 1. The Balaban J connectivity index is 1.33. The summed E-state index contributed by atoms with van der Waals surface area (Å²) in [5, 5.41) is 4.03. The van der Waals surface area contributed by atoms with Gasteiger partial charge in [0.25, 0.3) is 0 Å². The second kappa shape index (κ2) is 7.46. The van der Waals surface area contributed by atoms with Gasteiger partial charge in [0.15, 0.2) is 5.82 Å². The van der Waals surface area contributed by atoms with Gasteiger partial charge in [0.05, 0.1) is 0 Å². The molecule has 1 saturated heterocycles. The second-order valence-corrected chi connectivity index (χ2v) is 8.54. The van der Waals surface area contributed by atoms with Crippen LogP contribution < -0.4 is 0 Å². The van der Waals surface area contributed by atoms with E-state index in [1.807, 2.05) is 6.92 Å². The molecule has 2 aliphatic carbocycles. The van der Waals surface area contributed by atoms with Crippen molar-refractivity contribution in [1.82, 2.24) is 15.0 Å². The van der Waals surface area contributed by atoms with Gasteiger partial charge in [-0.05, 0) is 49.9 Å². The first-order valence-electron chi connectivity index (χ1n) is 10.3. The molecule has 0 spiro atoms. The number of carbonyl (C=O) groups excluding carboxylic acids is 1. The minimum atomic E-state index is 0.283. The molecule has 1 aliphatic heterocycles. The maximum Gasteiger partial charge on any atom is 0.225 e. The number of hydrogen-bond acceptors (Lipinski definition) is 4. The monoisotopic (exact) mass is 345 g/mol. The Morgan fingerprint density at radius 2 is 1.96 bits per heavy atom. The quantitative estimate of drug-likeness (QED) is 0.837. The van der Waals surface area contributed by atoms with Crippen LogP contribution in [0.15, 0.2) is 4.52 Å². The van der Waals surface area contributed by atoms with E-state index in [0.717, 1.165) is 62.9 Å². The van der Waals surface area contributed by atoms with Gasteiger partial charge >= 0.3 is 0 Å². The van der Waals surface area contributed by atoms with E-state index in [2.05, 4.69) is 15.0 Å². The smallest absolute Gasteiger partial charge is 0.225 e. The van der Waals surface area contributed by atoms with E-state index >= 15 is 0 Å². The van der Waals surface area contributed by atoms with Crippen LogP contribution in [0.5, 0.6) is 0 Å². The molecule has 138 valence electrons. The third kappa shape index (κ3) is 3.90. The minimum absolute atomic E-state index is 0.283. The van der Waals surface area contributed by atoms with Crippen molar-refractivity contribution in [2.24, 2.45) is 23.7 Å². The Hall–Kier alpha value is -1.39. The van der Waals surface area contributed by atoms with Gasteiger partial charge in [0.1, 0.15) is 0 Å². The lowest BCUT2D eigenvalue weighted by atomic mass is 9.67. The van der Waals surface area contributed by atoms with Crippen LogP contribution in [0.25, 0.3) is 0 Å².